The van der Waals surface area contributed by atoms with Gasteiger partial charge in [-0.25, -0.2) is 4.79 Å². The summed E-state index contributed by atoms with van der Waals surface area (Å²) in [4.78, 5) is 64.1. The highest BCUT2D eigenvalue weighted by Gasteiger charge is 2.35. The van der Waals surface area contributed by atoms with E-state index in [-0.39, 0.29) is 37.8 Å². The number of carbonyl (C=O) groups is 5. The van der Waals surface area contributed by atoms with Crippen LogP contribution in [-0.2, 0) is 23.9 Å². The third kappa shape index (κ3) is 5.15. The monoisotopic (exact) mass is 444 g/mol. The summed E-state index contributed by atoms with van der Waals surface area (Å²) in [6.07, 6.45) is 2.31. The number of benzene rings is 1. The Kier molecular flexibility index (Phi) is 7.61. The summed E-state index contributed by atoms with van der Waals surface area (Å²) in [6.45, 7) is 3.83. The molecule has 1 unspecified atom stereocenters. The molecule has 0 bridgehead atoms. The van der Waals surface area contributed by atoms with Gasteiger partial charge in [0.25, 0.3) is 17.7 Å². The van der Waals surface area contributed by atoms with E-state index in [1.54, 1.807) is 25.1 Å². The van der Waals surface area contributed by atoms with Gasteiger partial charge in [0.2, 0.25) is 0 Å². The van der Waals surface area contributed by atoms with Crippen LogP contribution >= 0.6 is 0 Å². The number of hydrogen-bond acceptors (Lipinski definition) is 7. The van der Waals surface area contributed by atoms with Crippen LogP contribution in [0.1, 0.15) is 65.3 Å². The summed E-state index contributed by atoms with van der Waals surface area (Å²) in [5.41, 5.74) is 1.63. The second kappa shape index (κ2) is 10.4. The van der Waals surface area contributed by atoms with Gasteiger partial charge in [0.15, 0.2) is 6.61 Å². The predicted molar refractivity (Wildman–Crippen MR) is 113 cm³/mol. The predicted octanol–water partition coefficient (Wildman–Crippen LogP) is 1.86. The number of ether oxygens (including phenoxy) is 2. The summed E-state index contributed by atoms with van der Waals surface area (Å²) < 4.78 is 10.1. The van der Waals surface area contributed by atoms with Crippen molar-refractivity contribution < 1.29 is 33.4 Å². The van der Waals surface area contributed by atoms with E-state index in [2.05, 4.69) is 0 Å². The second-order valence-electron chi connectivity index (χ2n) is 7.93. The van der Waals surface area contributed by atoms with Gasteiger partial charge >= 0.3 is 11.9 Å². The van der Waals surface area contributed by atoms with Crippen molar-refractivity contribution in [2.45, 2.75) is 52.0 Å². The van der Waals surface area contributed by atoms with Gasteiger partial charge in [0.05, 0.1) is 17.7 Å². The normalized spacial score (nSPS) is 17.9. The summed E-state index contributed by atoms with van der Waals surface area (Å²) in [5.74, 6) is -2.22. The largest absolute Gasteiger partial charge is 0.464 e. The van der Waals surface area contributed by atoms with E-state index >= 15 is 0 Å². The van der Waals surface area contributed by atoms with E-state index in [1.165, 1.54) is 4.90 Å². The maximum absolute atomic E-state index is 12.5. The van der Waals surface area contributed by atoms with Gasteiger partial charge in [-0.2, -0.15) is 0 Å². The van der Waals surface area contributed by atoms with Crippen LogP contribution in [0.3, 0.4) is 0 Å². The number of fused-ring (bicyclic) bond motifs is 1. The third-order valence-corrected chi connectivity index (χ3v) is 5.63. The minimum atomic E-state index is -0.646. The first kappa shape index (κ1) is 23.4. The first-order valence-electron chi connectivity index (χ1n) is 10.9. The summed E-state index contributed by atoms with van der Waals surface area (Å²) in [7, 11) is 0. The lowest BCUT2D eigenvalue weighted by Crippen LogP contribution is -2.50. The zero-order chi connectivity index (χ0) is 23.3. The molecule has 2 heterocycles. The zero-order valence-electron chi connectivity index (χ0n) is 18.4. The minimum Gasteiger partial charge on any atom is -0.464 e. The minimum absolute atomic E-state index is 0.0407. The van der Waals surface area contributed by atoms with E-state index in [1.807, 2.05) is 6.92 Å². The molecular formula is C23H28N2O7. The summed E-state index contributed by atoms with van der Waals surface area (Å²) in [5, 5.41) is 0. The van der Waals surface area contributed by atoms with Crippen LogP contribution in [0.2, 0.25) is 0 Å². The Morgan fingerprint density at radius 1 is 1.06 bits per heavy atom. The maximum atomic E-state index is 12.5. The highest BCUT2D eigenvalue weighted by Crippen LogP contribution is 2.24. The number of likely N-dealkylation sites (tertiary alicyclic amines) is 1. The Hall–Kier alpha value is -3.23. The highest BCUT2D eigenvalue weighted by molar-refractivity contribution is 6.21. The number of nitrogens with zero attached hydrogens (tertiary/aromatic N) is 2. The quantitative estimate of drug-likeness (QED) is 0.445. The van der Waals surface area contributed by atoms with Crippen LogP contribution in [0.4, 0.5) is 0 Å². The van der Waals surface area contributed by atoms with E-state index < -0.39 is 30.5 Å². The number of carbonyl (C=O) groups excluding carboxylic acids is 5. The van der Waals surface area contributed by atoms with E-state index in [0.29, 0.717) is 24.1 Å². The molecule has 0 N–H and O–H groups in total. The molecule has 3 amide bonds. The number of piperidine rings is 1. The van der Waals surface area contributed by atoms with Gasteiger partial charge in [0, 0.05) is 19.5 Å². The Labute approximate surface area is 186 Å². The van der Waals surface area contributed by atoms with Gasteiger partial charge < -0.3 is 14.4 Å². The van der Waals surface area contributed by atoms with Crippen molar-refractivity contribution >= 4 is 29.7 Å². The van der Waals surface area contributed by atoms with Gasteiger partial charge in [-0.15, -0.1) is 0 Å². The number of aryl methyl sites for hydroxylation is 1. The van der Waals surface area contributed by atoms with Gasteiger partial charge in [0.1, 0.15) is 6.04 Å². The topological polar surface area (TPSA) is 110 Å². The molecule has 1 atom stereocenters. The van der Waals surface area contributed by atoms with Gasteiger partial charge in [-0.3, -0.25) is 24.1 Å². The van der Waals surface area contributed by atoms with Crippen molar-refractivity contribution in [3.8, 4) is 0 Å². The molecule has 1 aromatic carbocycles. The Morgan fingerprint density at radius 3 is 2.56 bits per heavy atom. The molecule has 2 aliphatic rings. The Morgan fingerprint density at radius 2 is 1.81 bits per heavy atom. The molecule has 3 rings (SSSR count). The molecule has 0 aliphatic carbocycles. The Balaban J connectivity index is 1.44. The molecule has 2 aliphatic heterocycles. The molecule has 1 fully saturated rings. The fraction of sp³-hybridized carbons (Fsp3) is 0.522. The smallest absolute Gasteiger partial charge is 0.328 e. The fourth-order valence-electron chi connectivity index (χ4n) is 4.00. The third-order valence-electron chi connectivity index (χ3n) is 5.63. The molecule has 172 valence electrons. The van der Waals surface area contributed by atoms with Crippen molar-refractivity contribution in [2.75, 3.05) is 26.3 Å². The summed E-state index contributed by atoms with van der Waals surface area (Å²) >= 11 is 0. The summed E-state index contributed by atoms with van der Waals surface area (Å²) in [6, 6.07) is 4.44. The molecule has 9 nitrogen and oxygen atoms in total. The molecule has 0 saturated carbocycles. The zero-order valence-corrected chi connectivity index (χ0v) is 18.4. The van der Waals surface area contributed by atoms with Crippen LogP contribution < -0.4 is 0 Å². The fourth-order valence-corrected chi connectivity index (χ4v) is 4.00. The van der Waals surface area contributed by atoms with Gasteiger partial charge in [-0.1, -0.05) is 11.6 Å². The number of esters is 2. The molecule has 1 saturated heterocycles. The van der Waals surface area contributed by atoms with Crippen molar-refractivity contribution in [1.82, 2.24) is 9.80 Å². The van der Waals surface area contributed by atoms with Crippen molar-refractivity contribution in [2.24, 2.45) is 0 Å². The van der Waals surface area contributed by atoms with Gasteiger partial charge in [-0.05, 0) is 51.7 Å². The molecule has 0 radical (unpaired) electrons. The molecule has 0 aromatic heterocycles. The van der Waals surface area contributed by atoms with E-state index in [9.17, 15) is 24.0 Å². The average molecular weight is 444 g/mol. The van der Waals surface area contributed by atoms with Crippen LogP contribution in [0.15, 0.2) is 18.2 Å². The molecule has 1 aromatic rings. The number of rotatable bonds is 8. The second-order valence-corrected chi connectivity index (χ2v) is 7.93. The number of amides is 3. The molecule has 32 heavy (non-hydrogen) atoms. The van der Waals surface area contributed by atoms with E-state index in [0.717, 1.165) is 23.3 Å². The number of hydrogen-bond donors (Lipinski definition) is 0. The van der Waals surface area contributed by atoms with Crippen LogP contribution in [0.5, 0.6) is 0 Å². The lowest BCUT2D eigenvalue weighted by Gasteiger charge is -2.33. The Bertz CT molecular complexity index is 927. The standard InChI is InChI=1S/C23H28N2O7/c1-3-31-23(30)18-7-4-5-11-24(18)19(26)14-32-20(27)8-6-12-25-21(28)16-10-9-15(2)13-17(16)22(25)29/h9-10,13,18H,3-8,11-12,14H2,1-2H3. The highest BCUT2D eigenvalue weighted by atomic mass is 16.5. The van der Waals surface area contributed by atoms with Crippen molar-refractivity contribution in [3.63, 3.8) is 0 Å². The van der Waals surface area contributed by atoms with Crippen LogP contribution in [0.25, 0.3) is 0 Å². The first-order valence-corrected chi connectivity index (χ1v) is 10.9. The van der Waals surface area contributed by atoms with Crippen LogP contribution in [-0.4, -0.2) is 71.8 Å². The average Bonchev–Trinajstić information content (AvgIpc) is 3.01. The molecule has 9 heteroatoms. The van der Waals surface area contributed by atoms with Crippen LogP contribution in [0, 0.1) is 6.92 Å². The van der Waals surface area contributed by atoms with Crippen molar-refractivity contribution in [1.29, 1.82) is 0 Å². The maximum Gasteiger partial charge on any atom is 0.328 e. The SMILES string of the molecule is CCOC(=O)C1CCCCN1C(=O)COC(=O)CCCN1C(=O)c2ccc(C)cc2C1=O. The first-order chi connectivity index (χ1) is 15.3. The molecule has 0 spiro atoms. The lowest BCUT2D eigenvalue weighted by molar-refractivity contribution is -0.161. The van der Waals surface area contributed by atoms with Crippen molar-refractivity contribution in [3.05, 3.63) is 34.9 Å². The lowest BCUT2D eigenvalue weighted by atomic mass is 10.0. The molecular weight excluding hydrogens is 416 g/mol. The number of imide groups is 1. The van der Waals surface area contributed by atoms with E-state index in [4.69, 9.17) is 9.47 Å².